The highest BCUT2D eigenvalue weighted by molar-refractivity contribution is 9.10. The van der Waals surface area contributed by atoms with Crippen molar-refractivity contribution in [2.24, 2.45) is 0 Å². The quantitative estimate of drug-likeness (QED) is 0.601. The monoisotopic (exact) mass is 391 g/mol. The minimum atomic E-state index is -0.134. The van der Waals surface area contributed by atoms with Crippen LogP contribution in [0.2, 0.25) is 0 Å². The average Bonchev–Trinajstić information content (AvgIpc) is 2.77. The number of amides is 1. The summed E-state index contributed by atoms with van der Waals surface area (Å²) < 4.78 is 1.46. The molecule has 1 N–H and O–H groups in total. The summed E-state index contributed by atoms with van der Waals surface area (Å²) in [7, 11) is 0. The van der Waals surface area contributed by atoms with Crippen LogP contribution in [0.25, 0.3) is 6.08 Å². The number of rotatable bonds is 2. The number of halogens is 1. The van der Waals surface area contributed by atoms with Gasteiger partial charge in [-0.1, -0.05) is 52.0 Å². The Morgan fingerprint density at radius 3 is 2.36 bits per heavy atom. The maximum absolute atomic E-state index is 12.6. The summed E-state index contributed by atoms with van der Waals surface area (Å²) in [4.78, 5) is 14.7. The van der Waals surface area contributed by atoms with Crippen LogP contribution in [0, 0.1) is 0 Å². The number of aromatic hydroxyl groups is 1. The number of nitrogens with zero attached hydrogens (tertiary/aromatic N) is 1. The van der Waals surface area contributed by atoms with Crippen LogP contribution < -0.4 is 4.90 Å². The SMILES string of the molecule is O=C1C(=Cc2ccc(O)cc2)SC(=S)N1c1ccc(Br)cc1. The summed E-state index contributed by atoms with van der Waals surface area (Å²) in [5.41, 5.74) is 1.59. The minimum absolute atomic E-state index is 0.134. The number of hydrogen-bond donors (Lipinski definition) is 1. The van der Waals surface area contributed by atoms with Crippen molar-refractivity contribution >= 4 is 61.9 Å². The first-order valence-electron chi connectivity index (χ1n) is 6.37. The van der Waals surface area contributed by atoms with Crippen molar-refractivity contribution < 1.29 is 9.90 Å². The topological polar surface area (TPSA) is 40.5 Å². The Morgan fingerprint density at radius 2 is 1.73 bits per heavy atom. The molecule has 0 unspecified atom stereocenters. The van der Waals surface area contributed by atoms with E-state index in [2.05, 4.69) is 15.9 Å². The molecule has 1 aliphatic heterocycles. The van der Waals surface area contributed by atoms with Crippen molar-refractivity contribution in [3.8, 4) is 5.75 Å². The van der Waals surface area contributed by atoms with Crippen LogP contribution in [0.4, 0.5) is 5.69 Å². The average molecular weight is 392 g/mol. The number of carbonyl (C=O) groups excluding carboxylic acids is 1. The molecule has 0 atom stereocenters. The maximum atomic E-state index is 12.6. The van der Waals surface area contributed by atoms with Gasteiger partial charge in [0.2, 0.25) is 0 Å². The fourth-order valence-electron chi connectivity index (χ4n) is 2.00. The zero-order chi connectivity index (χ0) is 15.7. The number of thiocarbonyl (C=S) groups is 1. The standard InChI is InChI=1S/C16H10BrNO2S2/c17-11-3-5-12(6-4-11)18-15(20)14(22-16(18)21)9-10-1-7-13(19)8-2-10/h1-9,19H. The van der Waals surface area contributed by atoms with E-state index < -0.39 is 0 Å². The molecule has 0 spiro atoms. The summed E-state index contributed by atoms with van der Waals surface area (Å²) >= 11 is 9.97. The number of hydrogen-bond acceptors (Lipinski definition) is 4. The molecule has 1 amide bonds. The molecule has 2 aromatic carbocycles. The van der Waals surface area contributed by atoms with Gasteiger partial charge in [-0.2, -0.15) is 0 Å². The third kappa shape index (κ3) is 3.09. The zero-order valence-electron chi connectivity index (χ0n) is 11.2. The number of carbonyl (C=O) groups is 1. The zero-order valence-corrected chi connectivity index (χ0v) is 14.4. The number of anilines is 1. The second-order valence-electron chi connectivity index (χ2n) is 4.59. The lowest BCUT2D eigenvalue weighted by atomic mass is 10.2. The molecule has 0 aromatic heterocycles. The van der Waals surface area contributed by atoms with E-state index in [4.69, 9.17) is 12.2 Å². The van der Waals surface area contributed by atoms with E-state index in [9.17, 15) is 9.90 Å². The predicted molar refractivity (Wildman–Crippen MR) is 97.9 cm³/mol. The molecule has 2 aromatic rings. The Morgan fingerprint density at radius 1 is 1.09 bits per heavy atom. The second kappa shape index (κ2) is 6.24. The molecule has 6 heteroatoms. The molecule has 3 rings (SSSR count). The van der Waals surface area contributed by atoms with Crippen LogP contribution >= 0.6 is 39.9 Å². The van der Waals surface area contributed by atoms with E-state index in [1.165, 1.54) is 16.7 Å². The van der Waals surface area contributed by atoms with Gasteiger partial charge >= 0.3 is 0 Å². The molecule has 0 saturated carbocycles. The van der Waals surface area contributed by atoms with E-state index in [0.29, 0.717) is 9.23 Å². The lowest BCUT2D eigenvalue weighted by molar-refractivity contribution is -0.113. The fraction of sp³-hybridized carbons (Fsp3) is 0. The first-order chi connectivity index (χ1) is 10.5. The molecular formula is C16H10BrNO2S2. The lowest BCUT2D eigenvalue weighted by Gasteiger charge is -2.14. The molecule has 1 fully saturated rings. The third-order valence-corrected chi connectivity index (χ3v) is 4.90. The molecule has 0 radical (unpaired) electrons. The summed E-state index contributed by atoms with van der Waals surface area (Å²) in [5.74, 6) is 0.0601. The van der Waals surface area contributed by atoms with E-state index in [1.54, 1.807) is 30.3 Å². The Balaban J connectivity index is 1.91. The van der Waals surface area contributed by atoms with Crippen LogP contribution in [-0.2, 0) is 4.79 Å². The highest BCUT2D eigenvalue weighted by Crippen LogP contribution is 2.36. The molecule has 1 saturated heterocycles. The van der Waals surface area contributed by atoms with Gasteiger partial charge in [-0.3, -0.25) is 9.69 Å². The summed E-state index contributed by atoms with van der Waals surface area (Å²) in [5, 5.41) is 9.30. The van der Waals surface area contributed by atoms with Crippen LogP contribution in [0.15, 0.2) is 57.9 Å². The highest BCUT2D eigenvalue weighted by atomic mass is 79.9. The normalized spacial score (nSPS) is 16.6. The molecule has 1 aliphatic rings. The smallest absolute Gasteiger partial charge is 0.270 e. The Hall–Kier alpha value is -1.63. The van der Waals surface area contributed by atoms with Gasteiger partial charge in [-0.25, -0.2) is 0 Å². The third-order valence-electron chi connectivity index (χ3n) is 3.07. The summed E-state index contributed by atoms with van der Waals surface area (Å²) in [6.45, 7) is 0. The van der Waals surface area contributed by atoms with E-state index in [1.807, 2.05) is 24.3 Å². The Bertz CT molecular complexity index is 770. The van der Waals surface area contributed by atoms with Gasteiger partial charge in [0.05, 0.1) is 10.6 Å². The van der Waals surface area contributed by atoms with Crippen LogP contribution in [0.5, 0.6) is 5.75 Å². The minimum Gasteiger partial charge on any atom is -0.508 e. The lowest BCUT2D eigenvalue weighted by Crippen LogP contribution is -2.27. The predicted octanol–water partition coefficient (Wildman–Crippen LogP) is 4.56. The van der Waals surface area contributed by atoms with Crippen molar-refractivity contribution in [3.63, 3.8) is 0 Å². The second-order valence-corrected chi connectivity index (χ2v) is 7.18. The molecule has 22 heavy (non-hydrogen) atoms. The van der Waals surface area contributed by atoms with Crippen LogP contribution in [-0.4, -0.2) is 15.3 Å². The summed E-state index contributed by atoms with van der Waals surface area (Å²) in [6.07, 6.45) is 1.78. The number of phenols is 1. The van der Waals surface area contributed by atoms with Crippen molar-refractivity contribution in [2.45, 2.75) is 0 Å². The van der Waals surface area contributed by atoms with Gasteiger partial charge in [-0.15, -0.1) is 0 Å². The summed E-state index contributed by atoms with van der Waals surface area (Å²) in [6, 6.07) is 14.1. The van der Waals surface area contributed by atoms with E-state index in [0.717, 1.165) is 15.7 Å². The van der Waals surface area contributed by atoms with Crippen molar-refractivity contribution in [2.75, 3.05) is 4.90 Å². The maximum Gasteiger partial charge on any atom is 0.270 e. The van der Waals surface area contributed by atoms with Crippen LogP contribution in [0.3, 0.4) is 0 Å². The van der Waals surface area contributed by atoms with Gasteiger partial charge in [0.15, 0.2) is 4.32 Å². The molecule has 0 bridgehead atoms. The fourth-order valence-corrected chi connectivity index (χ4v) is 3.57. The number of thioether (sulfide) groups is 1. The van der Waals surface area contributed by atoms with Gasteiger partial charge in [0, 0.05) is 4.47 Å². The van der Waals surface area contributed by atoms with Crippen LogP contribution in [0.1, 0.15) is 5.56 Å². The van der Waals surface area contributed by atoms with Gasteiger partial charge in [0.25, 0.3) is 5.91 Å². The molecular weight excluding hydrogens is 382 g/mol. The highest BCUT2D eigenvalue weighted by Gasteiger charge is 2.33. The molecule has 1 heterocycles. The van der Waals surface area contributed by atoms with E-state index in [-0.39, 0.29) is 11.7 Å². The Kier molecular flexibility index (Phi) is 4.33. The van der Waals surface area contributed by atoms with Crippen molar-refractivity contribution in [1.82, 2.24) is 0 Å². The van der Waals surface area contributed by atoms with E-state index >= 15 is 0 Å². The van der Waals surface area contributed by atoms with Crippen molar-refractivity contribution in [3.05, 3.63) is 63.5 Å². The van der Waals surface area contributed by atoms with Gasteiger partial charge < -0.3 is 5.11 Å². The molecule has 3 nitrogen and oxygen atoms in total. The first-order valence-corrected chi connectivity index (χ1v) is 8.39. The number of benzene rings is 2. The van der Waals surface area contributed by atoms with Gasteiger partial charge in [0.1, 0.15) is 5.75 Å². The van der Waals surface area contributed by atoms with Gasteiger partial charge in [-0.05, 0) is 48.0 Å². The van der Waals surface area contributed by atoms with Crippen molar-refractivity contribution in [1.29, 1.82) is 0 Å². The Labute approximate surface area is 145 Å². The number of phenolic OH excluding ortho intramolecular Hbond substituents is 1. The molecule has 110 valence electrons. The largest absolute Gasteiger partial charge is 0.508 e. The first kappa shape index (κ1) is 15.3. The molecule has 0 aliphatic carbocycles.